The number of rotatable bonds is 2. The molecule has 0 aromatic carbocycles. The van der Waals surface area contributed by atoms with E-state index in [0.717, 1.165) is 0 Å². The minimum atomic E-state index is -4.46. The molecule has 0 saturated heterocycles. The van der Waals surface area contributed by atoms with Gasteiger partial charge in [0.05, 0.1) is 0 Å². The zero-order chi connectivity index (χ0) is 15.1. The molecule has 0 atom stereocenters. The third-order valence-electron chi connectivity index (χ3n) is 2.89. The quantitative estimate of drug-likeness (QED) is 0.883. The maximum absolute atomic E-state index is 12.1. The Hall–Kier alpha value is -1.57. The molecular formula is C12H10BrF3N2O2. The van der Waals surface area contributed by atoms with Crippen LogP contribution in [-0.4, -0.2) is 23.2 Å². The zero-order valence-corrected chi connectivity index (χ0v) is 11.9. The van der Waals surface area contributed by atoms with Crippen LogP contribution >= 0.6 is 15.9 Å². The third kappa shape index (κ3) is 2.95. The molecule has 0 bridgehead atoms. The summed E-state index contributed by atoms with van der Waals surface area (Å²) in [5, 5.41) is 1.80. The van der Waals surface area contributed by atoms with E-state index in [4.69, 9.17) is 0 Å². The molecule has 1 aromatic rings. The number of aromatic nitrogens is 1. The Morgan fingerprint density at radius 2 is 2.15 bits per heavy atom. The van der Waals surface area contributed by atoms with Gasteiger partial charge in [-0.1, -0.05) is 0 Å². The summed E-state index contributed by atoms with van der Waals surface area (Å²) in [5.41, 5.74) is 0.829. The van der Waals surface area contributed by atoms with Gasteiger partial charge in [0.1, 0.15) is 6.54 Å². The Morgan fingerprint density at radius 1 is 1.50 bits per heavy atom. The summed E-state index contributed by atoms with van der Waals surface area (Å²) >= 11 is 3.26. The van der Waals surface area contributed by atoms with Crippen molar-refractivity contribution < 1.29 is 18.0 Å². The molecule has 0 saturated carbocycles. The van der Waals surface area contributed by atoms with E-state index >= 15 is 0 Å². The van der Waals surface area contributed by atoms with Crippen LogP contribution in [0.2, 0.25) is 0 Å². The van der Waals surface area contributed by atoms with Crippen molar-refractivity contribution in [3.63, 3.8) is 0 Å². The van der Waals surface area contributed by atoms with Gasteiger partial charge in [0, 0.05) is 35.3 Å². The number of hydrogen-bond donors (Lipinski definition) is 1. The first-order chi connectivity index (χ1) is 9.19. The monoisotopic (exact) mass is 350 g/mol. The average molecular weight is 351 g/mol. The molecule has 4 nitrogen and oxygen atoms in total. The van der Waals surface area contributed by atoms with Gasteiger partial charge in [-0.25, -0.2) is 0 Å². The Kier molecular flexibility index (Phi) is 3.77. The molecule has 1 amide bonds. The van der Waals surface area contributed by atoms with E-state index in [1.807, 2.05) is 0 Å². The van der Waals surface area contributed by atoms with Gasteiger partial charge in [0.2, 0.25) is 5.91 Å². The van der Waals surface area contributed by atoms with Crippen LogP contribution in [0, 0.1) is 0 Å². The van der Waals surface area contributed by atoms with Crippen LogP contribution in [-0.2, 0) is 18.3 Å². The molecular weight excluding hydrogens is 341 g/mol. The van der Waals surface area contributed by atoms with E-state index in [0.29, 0.717) is 15.6 Å². The third-order valence-corrected chi connectivity index (χ3v) is 3.53. The van der Waals surface area contributed by atoms with E-state index in [2.05, 4.69) is 15.9 Å². The van der Waals surface area contributed by atoms with Crippen LogP contribution in [0.15, 0.2) is 21.0 Å². The van der Waals surface area contributed by atoms with E-state index in [1.165, 1.54) is 10.6 Å². The topological polar surface area (TPSA) is 51.1 Å². The lowest BCUT2D eigenvalue weighted by atomic mass is 10.1. The number of pyridine rings is 1. The molecule has 0 aliphatic heterocycles. The van der Waals surface area contributed by atoms with Crippen molar-refractivity contribution in [1.29, 1.82) is 0 Å². The SMILES string of the molecule is Cn1cc(Br)c2c(c1=O)CC(C(=O)NCC(F)(F)F)=C2. The molecule has 20 heavy (non-hydrogen) atoms. The standard InChI is InChI=1S/C12H10BrF3N2O2/c1-18-4-9(13)7-2-6(3-8(7)11(18)20)10(19)17-5-12(14,15)16/h2,4H,3,5H2,1H3,(H,17,19). The van der Waals surface area contributed by atoms with E-state index in [1.54, 1.807) is 18.6 Å². The van der Waals surface area contributed by atoms with Crippen molar-refractivity contribution in [1.82, 2.24) is 9.88 Å². The van der Waals surface area contributed by atoms with Crippen molar-refractivity contribution in [2.24, 2.45) is 7.05 Å². The number of aryl methyl sites for hydroxylation is 1. The summed E-state index contributed by atoms with van der Waals surface area (Å²) in [5.74, 6) is -0.813. The second-order valence-electron chi connectivity index (χ2n) is 4.43. The Balaban J connectivity index is 2.22. The Labute approximate surface area is 120 Å². The molecule has 0 fully saturated rings. The smallest absolute Gasteiger partial charge is 0.343 e. The molecule has 2 rings (SSSR count). The molecule has 1 heterocycles. The number of carbonyl (C=O) groups is 1. The van der Waals surface area contributed by atoms with Gasteiger partial charge in [0.25, 0.3) is 5.56 Å². The van der Waals surface area contributed by atoms with Crippen molar-refractivity contribution in [3.8, 4) is 0 Å². The molecule has 0 unspecified atom stereocenters. The van der Waals surface area contributed by atoms with Gasteiger partial charge in [-0.2, -0.15) is 13.2 Å². The molecule has 1 aromatic heterocycles. The maximum atomic E-state index is 12.1. The van der Waals surface area contributed by atoms with E-state index in [-0.39, 0.29) is 17.6 Å². The highest BCUT2D eigenvalue weighted by Gasteiger charge is 2.30. The van der Waals surface area contributed by atoms with Gasteiger partial charge in [0.15, 0.2) is 0 Å². The first-order valence-electron chi connectivity index (χ1n) is 5.62. The molecule has 0 radical (unpaired) electrons. The highest BCUT2D eigenvalue weighted by atomic mass is 79.9. The number of alkyl halides is 3. The summed E-state index contributed by atoms with van der Waals surface area (Å²) in [7, 11) is 1.56. The highest BCUT2D eigenvalue weighted by Crippen LogP contribution is 2.28. The molecule has 108 valence electrons. The lowest BCUT2D eigenvalue weighted by Crippen LogP contribution is -2.34. The summed E-state index contributed by atoms with van der Waals surface area (Å²) < 4.78 is 38.1. The summed E-state index contributed by atoms with van der Waals surface area (Å²) in [6, 6.07) is 0. The number of nitrogens with zero attached hydrogens (tertiary/aromatic N) is 1. The fraction of sp³-hybridized carbons (Fsp3) is 0.333. The van der Waals surface area contributed by atoms with Gasteiger partial charge < -0.3 is 9.88 Å². The lowest BCUT2D eigenvalue weighted by Gasteiger charge is -2.08. The number of fused-ring (bicyclic) bond motifs is 1. The van der Waals surface area contributed by atoms with Gasteiger partial charge >= 0.3 is 6.18 Å². The normalized spacial score (nSPS) is 13.9. The predicted octanol–water partition coefficient (Wildman–Crippen LogP) is 1.77. The van der Waals surface area contributed by atoms with Crippen LogP contribution in [0.3, 0.4) is 0 Å². The van der Waals surface area contributed by atoms with Crippen LogP contribution in [0.4, 0.5) is 13.2 Å². The van der Waals surface area contributed by atoms with Crippen molar-refractivity contribution >= 4 is 27.9 Å². The first-order valence-corrected chi connectivity index (χ1v) is 6.42. The van der Waals surface area contributed by atoms with Crippen molar-refractivity contribution in [2.75, 3.05) is 6.54 Å². The van der Waals surface area contributed by atoms with Gasteiger partial charge in [-0.3, -0.25) is 9.59 Å². The minimum Gasteiger partial charge on any atom is -0.343 e. The average Bonchev–Trinajstić information content (AvgIpc) is 2.78. The fourth-order valence-electron chi connectivity index (χ4n) is 1.95. The van der Waals surface area contributed by atoms with Crippen LogP contribution in [0.1, 0.15) is 11.1 Å². The van der Waals surface area contributed by atoms with E-state index < -0.39 is 18.6 Å². The fourth-order valence-corrected chi connectivity index (χ4v) is 2.61. The largest absolute Gasteiger partial charge is 0.405 e. The molecule has 1 aliphatic carbocycles. The number of nitrogens with one attached hydrogen (secondary N) is 1. The summed E-state index contributed by atoms with van der Waals surface area (Å²) in [4.78, 5) is 23.6. The van der Waals surface area contributed by atoms with Gasteiger partial charge in [-0.15, -0.1) is 0 Å². The molecule has 1 aliphatic rings. The van der Waals surface area contributed by atoms with Crippen molar-refractivity contribution in [3.05, 3.63) is 37.7 Å². The Bertz CT molecular complexity index is 662. The molecule has 0 spiro atoms. The van der Waals surface area contributed by atoms with Gasteiger partial charge in [-0.05, 0) is 27.6 Å². The maximum Gasteiger partial charge on any atom is 0.405 e. The second-order valence-corrected chi connectivity index (χ2v) is 5.28. The minimum absolute atomic E-state index is 0.0329. The van der Waals surface area contributed by atoms with Crippen LogP contribution in [0.5, 0.6) is 0 Å². The molecule has 1 N–H and O–H groups in total. The van der Waals surface area contributed by atoms with Crippen molar-refractivity contribution in [2.45, 2.75) is 12.6 Å². The number of carbonyl (C=O) groups excluding carboxylic acids is 1. The van der Waals surface area contributed by atoms with Crippen LogP contribution in [0.25, 0.3) is 6.08 Å². The number of hydrogen-bond acceptors (Lipinski definition) is 2. The lowest BCUT2D eigenvalue weighted by molar-refractivity contribution is -0.136. The van der Waals surface area contributed by atoms with E-state index in [9.17, 15) is 22.8 Å². The first kappa shape index (κ1) is 14.8. The Morgan fingerprint density at radius 3 is 2.75 bits per heavy atom. The molecule has 8 heteroatoms. The number of amides is 1. The van der Waals surface area contributed by atoms with Crippen LogP contribution < -0.4 is 10.9 Å². The number of halogens is 4. The summed E-state index contributed by atoms with van der Waals surface area (Å²) in [6.45, 7) is -1.39. The summed E-state index contributed by atoms with van der Waals surface area (Å²) in [6.07, 6.45) is -1.44. The predicted molar refractivity (Wildman–Crippen MR) is 70.1 cm³/mol. The second kappa shape index (κ2) is 5.08. The highest BCUT2D eigenvalue weighted by molar-refractivity contribution is 9.10. The zero-order valence-electron chi connectivity index (χ0n) is 10.3.